The van der Waals surface area contributed by atoms with Crippen molar-refractivity contribution in [1.82, 2.24) is 4.90 Å². The molecule has 16 heavy (non-hydrogen) atoms. The van der Waals surface area contributed by atoms with Crippen molar-refractivity contribution in [3.05, 3.63) is 0 Å². The number of nitriles is 1. The van der Waals surface area contributed by atoms with Crippen molar-refractivity contribution < 1.29 is 4.79 Å². The van der Waals surface area contributed by atoms with Gasteiger partial charge >= 0.3 is 0 Å². The SMILES string of the molecule is C#CCN(CC1CC1)C(=O)C(C#N)CCC. The predicted molar refractivity (Wildman–Crippen MR) is 62.1 cm³/mol. The molecule has 1 atom stereocenters. The van der Waals surface area contributed by atoms with Crippen LogP contribution < -0.4 is 0 Å². The highest BCUT2D eigenvalue weighted by molar-refractivity contribution is 5.81. The van der Waals surface area contributed by atoms with Gasteiger partial charge < -0.3 is 4.90 Å². The number of rotatable bonds is 6. The Morgan fingerprint density at radius 2 is 2.31 bits per heavy atom. The van der Waals surface area contributed by atoms with Crippen LogP contribution >= 0.6 is 0 Å². The van der Waals surface area contributed by atoms with Crippen molar-refractivity contribution in [2.24, 2.45) is 11.8 Å². The van der Waals surface area contributed by atoms with Gasteiger partial charge in [0.1, 0.15) is 5.92 Å². The van der Waals surface area contributed by atoms with Gasteiger partial charge in [-0.2, -0.15) is 5.26 Å². The molecule has 1 unspecified atom stereocenters. The zero-order valence-corrected chi connectivity index (χ0v) is 9.78. The summed E-state index contributed by atoms with van der Waals surface area (Å²) in [5, 5.41) is 8.95. The molecule has 1 aliphatic rings. The zero-order valence-electron chi connectivity index (χ0n) is 9.78. The number of terminal acetylenes is 1. The molecule has 0 saturated heterocycles. The van der Waals surface area contributed by atoms with Crippen LogP contribution in [0.4, 0.5) is 0 Å². The number of carbonyl (C=O) groups excluding carboxylic acids is 1. The third-order valence-electron chi connectivity index (χ3n) is 2.80. The molecule has 0 heterocycles. The summed E-state index contributed by atoms with van der Waals surface area (Å²) in [5.41, 5.74) is 0. The fraction of sp³-hybridized carbons (Fsp3) is 0.692. The average molecular weight is 218 g/mol. The van der Waals surface area contributed by atoms with Crippen LogP contribution in [-0.2, 0) is 4.79 Å². The van der Waals surface area contributed by atoms with E-state index in [1.807, 2.05) is 6.92 Å². The second-order valence-corrected chi connectivity index (χ2v) is 4.34. The number of carbonyl (C=O) groups is 1. The van der Waals surface area contributed by atoms with Crippen LogP contribution in [0.2, 0.25) is 0 Å². The van der Waals surface area contributed by atoms with Crippen molar-refractivity contribution in [3.63, 3.8) is 0 Å². The molecule has 0 aromatic heterocycles. The molecule has 0 aromatic carbocycles. The Balaban J connectivity index is 2.57. The van der Waals surface area contributed by atoms with E-state index in [0.717, 1.165) is 13.0 Å². The monoisotopic (exact) mass is 218 g/mol. The molecule has 86 valence electrons. The Labute approximate surface area is 97.4 Å². The van der Waals surface area contributed by atoms with Crippen LogP contribution in [0.15, 0.2) is 0 Å². The van der Waals surface area contributed by atoms with E-state index in [2.05, 4.69) is 12.0 Å². The maximum Gasteiger partial charge on any atom is 0.240 e. The molecule has 0 bridgehead atoms. The lowest BCUT2D eigenvalue weighted by molar-refractivity contribution is -0.133. The highest BCUT2D eigenvalue weighted by atomic mass is 16.2. The Morgan fingerprint density at radius 1 is 1.62 bits per heavy atom. The minimum absolute atomic E-state index is 0.0887. The van der Waals surface area contributed by atoms with Crippen LogP contribution in [0.1, 0.15) is 32.6 Å². The molecule has 0 radical (unpaired) electrons. The van der Waals surface area contributed by atoms with Crippen LogP contribution in [0, 0.1) is 35.5 Å². The molecule has 1 aliphatic carbocycles. The fourth-order valence-corrected chi connectivity index (χ4v) is 1.71. The smallest absolute Gasteiger partial charge is 0.240 e. The Morgan fingerprint density at radius 3 is 2.75 bits per heavy atom. The normalized spacial score (nSPS) is 15.9. The van der Waals surface area contributed by atoms with Crippen molar-refractivity contribution in [1.29, 1.82) is 5.26 Å². The van der Waals surface area contributed by atoms with E-state index < -0.39 is 5.92 Å². The summed E-state index contributed by atoms with van der Waals surface area (Å²) in [5.74, 6) is 2.50. The summed E-state index contributed by atoms with van der Waals surface area (Å²) >= 11 is 0. The number of amides is 1. The van der Waals surface area contributed by atoms with Crippen LogP contribution in [0.25, 0.3) is 0 Å². The molecule has 0 aromatic rings. The van der Waals surface area contributed by atoms with Gasteiger partial charge in [0.05, 0.1) is 12.6 Å². The number of nitrogens with zero attached hydrogens (tertiary/aromatic N) is 2. The van der Waals surface area contributed by atoms with Crippen LogP contribution in [0.5, 0.6) is 0 Å². The van der Waals surface area contributed by atoms with E-state index in [1.54, 1.807) is 4.90 Å². The molecule has 0 spiro atoms. The van der Waals surface area contributed by atoms with Crippen molar-refractivity contribution in [2.45, 2.75) is 32.6 Å². The van der Waals surface area contributed by atoms with Crippen molar-refractivity contribution in [2.75, 3.05) is 13.1 Å². The zero-order chi connectivity index (χ0) is 12.0. The maximum atomic E-state index is 12.0. The average Bonchev–Trinajstić information content (AvgIpc) is 3.08. The molecular formula is C13H18N2O. The maximum absolute atomic E-state index is 12.0. The van der Waals surface area contributed by atoms with Crippen molar-refractivity contribution in [3.8, 4) is 18.4 Å². The van der Waals surface area contributed by atoms with Gasteiger partial charge in [-0.1, -0.05) is 19.3 Å². The standard InChI is InChI=1S/C13H18N2O/c1-3-5-12(9-14)13(16)15(8-4-2)10-11-6-7-11/h2,11-12H,3,5-8,10H2,1H3. The van der Waals surface area contributed by atoms with Gasteiger partial charge in [-0.3, -0.25) is 4.79 Å². The van der Waals surface area contributed by atoms with Gasteiger partial charge in [0.2, 0.25) is 5.91 Å². The highest BCUT2D eigenvalue weighted by Gasteiger charge is 2.29. The van der Waals surface area contributed by atoms with Gasteiger partial charge in [-0.05, 0) is 25.2 Å². The third kappa shape index (κ3) is 3.59. The Bertz CT molecular complexity index is 320. The molecule has 0 aliphatic heterocycles. The van der Waals surface area contributed by atoms with Crippen molar-refractivity contribution >= 4 is 5.91 Å². The molecule has 3 nitrogen and oxygen atoms in total. The first kappa shape index (κ1) is 12.6. The second-order valence-electron chi connectivity index (χ2n) is 4.34. The van der Waals surface area contributed by atoms with E-state index in [9.17, 15) is 4.79 Å². The summed E-state index contributed by atoms with van der Waals surface area (Å²) in [6.45, 7) is 3.03. The minimum Gasteiger partial charge on any atom is -0.330 e. The van der Waals surface area contributed by atoms with Gasteiger partial charge in [0, 0.05) is 6.54 Å². The largest absolute Gasteiger partial charge is 0.330 e. The van der Waals surface area contributed by atoms with E-state index in [1.165, 1.54) is 12.8 Å². The summed E-state index contributed by atoms with van der Waals surface area (Å²) < 4.78 is 0. The van der Waals surface area contributed by atoms with Gasteiger partial charge in [-0.25, -0.2) is 0 Å². The molecule has 1 fully saturated rings. The Hall–Kier alpha value is -1.48. The lowest BCUT2D eigenvalue weighted by atomic mass is 10.0. The van der Waals surface area contributed by atoms with Crippen LogP contribution in [-0.4, -0.2) is 23.9 Å². The fourth-order valence-electron chi connectivity index (χ4n) is 1.71. The van der Waals surface area contributed by atoms with Gasteiger partial charge in [0.15, 0.2) is 0 Å². The van der Waals surface area contributed by atoms with Gasteiger partial charge in [0.25, 0.3) is 0 Å². The lowest BCUT2D eigenvalue weighted by Crippen LogP contribution is -2.37. The second kappa shape index (κ2) is 6.18. The molecule has 0 N–H and O–H groups in total. The van der Waals surface area contributed by atoms with Crippen LogP contribution in [0.3, 0.4) is 0 Å². The van der Waals surface area contributed by atoms with E-state index in [-0.39, 0.29) is 5.91 Å². The quantitative estimate of drug-likeness (QED) is 0.638. The summed E-state index contributed by atoms with van der Waals surface area (Å²) in [6.07, 6.45) is 9.08. The first-order valence-electron chi connectivity index (χ1n) is 5.84. The third-order valence-corrected chi connectivity index (χ3v) is 2.80. The highest BCUT2D eigenvalue weighted by Crippen LogP contribution is 2.30. The topological polar surface area (TPSA) is 44.1 Å². The molecule has 1 saturated carbocycles. The Kier molecular flexibility index (Phi) is 4.86. The lowest BCUT2D eigenvalue weighted by Gasteiger charge is -2.22. The number of hydrogen-bond acceptors (Lipinski definition) is 2. The summed E-state index contributed by atoms with van der Waals surface area (Å²) in [4.78, 5) is 13.7. The van der Waals surface area contributed by atoms with E-state index in [0.29, 0.717) is 18.9 Å². The van der Waals surface area contributed by atoms with E-state index >= 15 is 0 Å². The summed E-state index contributed by atoms with van der Waals surface area (Å²) in [7, 11) is 0. The molecule has 1 rings (SSSR count). The first-order valence-corrected chi connectivity index (χ1v) is 5.84. The summed E-state index contributed by atoms with van der Waals surface area (Å²) in [6, 6.07) is 2.08. The first-order chi connectivity index (χ1) is 7.72. The van der Waals surface area contributed by atoms with Gasteiger partial charge in [-0.15, -0.1) is 6.42 Å². The molecule has 3 heteroatoms. The predicted octanol–water partition coefficient (Wildman–Crippen LogP) is 1.80. The number of hydrogen-bond donors (Lipinski definition) is 0. The minimum atomic E-state index is -0.517. The van der Waals surface area contributed by atoms with E-state index in [4.69, 9.17) is 11.7 Å². The molecule has 1 amide bonds. The molecular weight excluding hydrogens is 200 g/mol.